The standard InChI is InChI=1S/C17H27NO3/c1-2-10-18-17(13-19,15-6-4-3-5-7-15)14-21-16-8-11-20-12-9-16/h3-7,16,18-19H,2,8-14H2,1H3. The van der Waals surface area contributed by atoms with Crippen LogP contribution in [0.2, 0.25) is 0 Å². The molecule has 2 N–H and O–H groups in total. The van der Waals surface area contributed by atoms with Crippen molar-refractivity contribution in [1.82, 2.24) is 5.32 Å². The molecule has 1 aromatic rings. The first-order chi connectivity index (χ1) is 10.3. The van der Waals surface area contributed by atoms with Gasteiger partial charge in [-0.15, -0.1) is 0 Å². The smallest absolute Gasteiger partial charge is 0.0906 e. The number of nitrogens with one attached hydrogen (secondary N) is 1. The summed E-state index contributed by atoms with van der Waals surface area (Å²) in [5.41, 5.74) is 0.559. The summed E-state index contributed by atoms with van der Waals surface area (Å²) in [6, 6.07) is 10.1. The van der Waals surface area contributed by atoms with E-state index >= 15 is 0 Å². The minimum absolute atomic E-state index is 0.0280. The van der Waals surface area contributed by atoms with Crippen molar-refractivity contribution in [1.29, 1.82) is 0 Å². The zero-order valence-electron chi connectivity index (χ0n) is 12.9. The maximum atomic E-state index is 10.0. The molecule has 4 heteroatoms. The van der Waals surface area contributed by atoms with Crippen molar-refractivity contribution in [3.8, 4) is 0 Å². The van der Waals surface area contributed by atoms with Crippen LogP contribution in [0, 0.1) is 0 Å². The van der Waals surface area contributed by atoms with Crippen LogP contribution in [-0.2, 0) is 15.0 Å². The van der Waals surface area contributed by atoms with Crippen LogP contribution >= 0.6 is 0 Å². The van der Waals surface area contributed by atoms with Crippen molar-refractivity contribution >= 4 is 0 Å². The molecule has 2 rings (SSSR count). The monoisotopic (exact) mass is 293 g/mol. The van der Waals surface area contributed by atoms with Crippen molar-refractivity contribution in [3.05, 3.63) is 35.9 Å². The molecule has 118 valence electrons. The molecule has 0 aliphatic carbocycles. The van der Waals surface area contributed by atoms with Gasteiger partial charge in [-0.3, -0.25) is 0 Å². The van der Waals surface area contributed by atoms with Crippen molar-refractivity contribution < 1.29 is 14.6 Å². The second-order valence-corrected chi connectivity index (χ2v) is 5.66. The number of hydrogen-bond acceptors (Lipinski definition) is 4. The fraction of sp³-hybridized carbons (Fsp3) is 0.647. The Morgan fingerprint density at radius 3 is 2.62 bits per heavy atom. The number of benzene rings is 1. The summed E-state index contributed by atoms with van der Waals surface area (Å²) in [6.07, 6.45) is 3.12. The average Bonchev–Trinajstić information content (AvgIpc) is 2.57. The molecule has 1 fully saturated rings. The van der Waals surface area contributed by atoms with Crippen LogP contribution in [0.4, 0.5) is 0 Å². The van der Waals surface area contributed by atoms with Crippen LogP contribution in [0.3, 0.4) is 0 Å². The zero-order chi connectivity index (χ0) is 15.0. The summed E-state index contributed by atoms with van der Waals surface area (Å²) in [7, 11) is 0. The van der Waals surface area contributed by atoms with E-state index in [0.29, 0.717) is 6.61 Å². The fourth-order valence-electron chi connectivity index (χ4n) is 2.65. The normalized spacial score (nSPS) is 19.3. The largest absolute Gasteiger partial charge is 0.394 e. The summed E-state index contributed by atoms with van der Waals surface area (Å²) < 4.78 is 11.5. The van der Waals surface area contributed by atoms with Gasteiger partial charge in [-0.1, -0.05) is 37.3 Å². The minimum Gasteiger partial charge on any atom is -0.394 e. The Kier molecular flexibility index (Phi) is 6.64. The van der Waals surface area contributed by atoms with Gasteiger partial charge in [0, 0.05) is 13.2 Å². The third kappa shape index (κ3) is 4.51. The summed E-state index contributed by atoms with van der Waals surface area (Å²) >= 11 is 0. The third-order valence-electron chi connectivity index (χ3n) is 4.04. The van der Waals surface area contributed by atoms with E-state index < -0.39 is 5.54 Å². The Morgan fingerprint density at radius 2 is 2.00 bits per heavy atom. The van der Waals surface area contributed by atoms with Gasteiger partial charge < -0.3 is 19.9 Å². The molecular formula is C17H27NO3. The maximum Gasteiger partial charge on any atom is 0.0906 e. The minimum atomic E-state index is -0.518. The molecule has 1 unspecified atom stereocenters. The van der Waals surface area contributed by atoms with Crippen LogP contribution in [0.25, 0.3) is 0 Å². The van der Waals surface area contributed by atoms with E-state index in [1.165, 1.54) is 0 Å². The molecule has 21 heavy (non-hydrogen) atoms. The van der Waals surface area contributed by atoms with Crippen LogP contribution < -0.4 is 5.32 Å². The summed E-state index contributed by atoms with van der Waals surface area (Å²) in [5.74, 6) is 0. The highest BCUT2D eigenvalue weighted by molar-refractivity contribution is 5.25. The number of rotatable bonds is 8. The Hall–Kier alpha value is -0.940. The Labute approximate surface area is 127 Å². The second kappa shape index (κ2) is 8.49. The van der Waals surface area contributed by atoms with Gasteiger partial charge in [0.25, 0.3) is 0 Å². The molecule has 0 amide bonds. The predicted molar refractivity (Wildman–Crippen MR) is 83.3 cm³/mol. The van der Waals surface area contributed by atoms with E-state index in [-0.39, 0.29) is 12.7 Å². The first-order valence-electron chi connectivity index (χ1n) is 7.91. The number of aliphatic hydroxyl groups is 1. The van der Waals surface area contributed by atoms with Gasteiger partial charge in [0.2, 0.25) is 0 Å². The summed E-state index contributed by atoms with van der Waals surface area (Å²) in [4.78, 5) is 0. The van der Waals surface area contributed by atoms with Gasteiger partial charge in [0.15, 0.2) is 0 Å². The lowest BCUT2D eigenvalue weighted by Crippen LogP contribution is -2.50. The molecule has 0 aromatic heterocycles. The van der Waals surface area contributed by atoms with Gasteiger partial charge in [-0.2, -0.15) is 0 Å². The number of ether oxygens (including phenoxy) is 2. The van der Waals surface area contributed by atoms with Crippen molar-refractivity contribution in [2.24, 2.45) is 0 Å². The van der Waals surface area contributed by atoms with Gasteiger partial charge in [-0.05, 0) is 31.4 Å². The van der Waals surface area contributed by atoms with E-state index in [1.807, 2.05) is 30.3 Å². The van der Waals surface area contributed by atoms with Gasteiger partial charge in [0.1, 0.15) is 0 Å². The lowest BCUT2D eigenvalue weighted by atomic mass is 9.91. The molecule has 1 aromatic carbocycles. The Bertz CT molecular complexity index is 392. The Balaban J connectivity index is 2.06. The van der Waals surface area contributed by atoms with Crippen molar-refractivity contribution in [3.63, 3.8) is 0 Å². The first kappa shape index (κ1) is 16.4. The average molecular weight is 293 g/mol. The predicted octanol–water partition coefficient (Wildman–Crippen LogP) is 2.07. The van der Waals surface area contributed by atoms with Crippen LogP contribution in [0.15, 0.2) is 30.3 Å². The van der Waals surface area contributed by atoms with E-state index in [0.717, 1.165) is 44.6 Å². The third-order valence-corrected chi connectivity index (χ3v) is 4.04. The summed E-state index contributed by atoms with van der Waals surface area (Å²) in [5, 5.41) is 13.5. The topological polar surface area (TPSA) is 50.7 Å². The van der Waals surface area contributed by atoms with E-state index in [1.54, 1.807) is 0 Å². The van der Waals surface area contributed by atoms with Crippen LogP contribution in [0.5, 0.6) is 0 Å². The zero-order valence-corrected chi connectivity index (χ0v) is 12.9. The molecule has 1 atom stereocenters. The highest BCUT2D eigenvalue weighted by Gasteiger charge is 2.32. The lowest BCUT2D eigenvalue weighted by Gasteiger charge is -2.35. The van der Waals surface area contributed by atoms with Gasteiger partial charge >= 0.3 is 0 Å². The van der Waals surface area contributed by atoms with E-state index in [4.69, 9.17) is 9.47 Å². The quantitative estimate of drug-likeness (QED) is 0.770. The molecule has 1 heterocycles. The molecule has 0 radical (unpaired) electrons. The highest BCUT2D eigenvalue weighted by Crippen LogP contribution is 2.23. The van der Waals surface area contributed by atoms with Gasteiger partial charge in [-0.25, -0.2) is 0 Å². The lowest BCUT2D eigenvalue weighted by molar-refractivity contribution is -0.0609. The number of hydrogen-bond donors (Lipinski definition) is 2. The van der Waals surface area contributed by atoms with E-state index in [9.17, 15) is 5.11 Å². The second-order valence-electron chi connectivity index (χ2n) is 5.66. The molecule has 1 aliphatic rings. The van der Waals surface area contributed by atoms with E-state index in [2.05, 4.69) is 12.2 Å². The molecule has 0 spiro atoms. The highest BCUT2D eigenvalue weighted by atomic mass is 16.5. The van der Waals surface area contributed by atoms with Crippen molar-refractivity contribution in [2.45, 2.75) is 37.8 Å². The maximum absolute atomic E-state index is 10.0. The SMILES string of the molecule is CCCNC(CO)(COC1CCOCC1)c1ccccc1. The molecule has 1 aliphatic heterocycles. The molecular weight excluding hydrogens is 266 g/mol. The molecule has 0 bridgehead atoms. The fourth-order valence-corrected chi connectivity index (χ4v) is 2.65. The van der Waals surface area contributed by atoms with Gasteiger partial charge in [0.05, 0.1) is 24.9 Å². The van der Waals surface area contributed by atoms with Crippen molar-refractivity contribution in [2.75, 3.05) is 33.0 Å². The molecule has 4 nitrogen and oxygen atoms in total. The van der Waals surface area contributed by atoms with Crippen LogP contribution in [0.1, 0.15) is 31.7 Å². The number of aliphatic hydroxyl groups excluding tert-OH is 1. The van der Waals surface area contributed by atoms with Crippen LogP contribution in [-0.4, -0.2) is 44.2 Å². The Morgan fingerprint density at radius 1 is 1.29 bits per heavy atom. The first-order valence-corrected chi connectivity index (χ1v) is 7.91. The molecule has 1 saturated heterocycles. The molecule has 0 saturated carbocycles. The summed E-state index contributed by atoms with van der Waals surface area (Å²) in [6.45, 7) is 5.03.